The van der Waals surface area contributed by atoms with Crippen LogP contribution in [0.25, 0.3) is 22.3 Å². The van der Waals surface area contributed by atoms with E-state index < -0.39 is 10.8 Å². The third-order valence-corrected chi connectivity index (χ3v) is 5.82. The van der Waals surface area contributed by atoms with Gasteiger partial charge in [-0.3, -0.25) is 0 Å². The minimum absolute atomic E-state index is 0.326. The highest BCUT2D eigenvalue weighted by Gasteiger charge is 2.22. The zero-order valence-electron chi connectivity index (χ0n) is 12.9. The Morgan fingerprint density at radius 1 is 0.920 bits per heavy atom. The fourth-order valence-electron chi connectivity index (χ4n) is 2.68. The first-order valence-electron chi connectivity index (χ1n) is 7.58. The minimum Gasteiger partial charge on any atom is -0.455 e. The topological polar surface area (TPSA) is 30.2 Å². The van der Waals surface area contributed by atoms with Gasteiger partial charge in [-0.2, -0.15) is 0 Å². The molecule has 0 fully saturated rings. The van der Waals surface area contributed by atoms with Crippen LogP contribution in [0.1, 0.15) is 0 Å². The van der Waals surface area contributed by atoms with Gasteiger partial charge < -0.3 is 4.42 Å². The molecule has 0 aliphatic heterocycles. The van der Waals surface area contributed by atoms with Crippen LogP contribution < -0.4 is 0 Å². The number of fused-ring (bicyclic) bond motifs is 1. The van der Waals surface area contributed by atoms with Gasteiger partial charge in [0, 0.05) is 20.3 Å². The Kier molecular flexibility index (Phi) is 4.27. The first-order valence-corrected chi connectivity index (χ1v) is 9.52. The zero-order valence-corrected chi connectivity index (χ0v) is 15.3. The Labute approximate surface area is 154 Å². The van der Waals surface area contributed by atoms with Gasteiger partial charge in [-0.1, -0.05) is 34.1 Å². The van der Waals surface area contributed by atoms with E-state index in [-0.39, 0.29) is 5.82 Å². The normalized spacial score (nSPS) is 12.4. The van der Waals surface area contributed by atoms with E-state index in [0.717, 1.165) is 9.86 Å². The lowest BCUT2D eigenvalue weighted by atomic mass is 10.1. The van der Waals surface area contributed by atoms with E-state index in [0.29, 0.717) is 26.7 Å². The molecule has 0 aliphatic rings. The number of halogens is 2. The van der Waals surface area contributed by atoms with Crippen LogP contribution in [-0.4, -0.2) is 4.21 Å². The molecule has 0 aliphatic carbocycles. The Bertz CT molecular complexity index is 1070. The molecule has 25 heavy (non-hydrogen) atoms. The summed E-state index contributed by atoms with van der Waals surface area (Å²) in [5.41, 5.74) is 1.33. The zero-order chi connectivity index (χ0) is 17.4. The minimum atomic E-state index is -1.42. The molecule has 2 nitrogen and oxygen atoms in total. The highest BCUT2D eigenvalue weighted by Crippen LogP contribution is 2.39. The summed E-state index contributed by atoms with van der Waals surface area (Å²) in [4.78, 5) is 1.28. The van der Waals surface area contributed by atoms with Gasteiger partial charge in [-0.25, -0.2) is 8.60 Å². The van der Waals surface area contributed by atoms with E-state index in [1.807, 2.05) is 48.5 Å². The van der Waals surface area contributed by atoms with Gasteiger partial charge in [0.2, 0.25) is 0 Å². The van der Waals surface area contributed by atoms with Gasteiger partial charge in [-0.15, -0.1) is 0 Å². The summed E-state index contributed by atoms with van der Waals surface area (Å²) < 4.78 is 33.4. The molecule has 124 valence electrons. The maximum atomic E-state index is 13.3. The van der Waals surface area contributed by atoms with Gasteiger partial charge in [0.15, 0.2) is 5.76 Å². The third-order valence-electron chi connectivity index (χ3n) is 3.85. The largest absolute Gasteiger partial charge is 0.455 e. The molecule has 4 rings (SSSR count). The van der Waals surface area contributed by atoms with Crippen molar-refractivity contribution in [3.05, 3.63) is 83.1 Å². The first kappa shape index (κ1) is 16.2. The molecule has 4 aromatic rings. The second-order valence-electron chi connectivity index (χ2n) is 5.49. The van der Waals surface area contributed by atoms with Gasteiger partial charge in [0.05, 0.1) is 15.7 Å². The average Bonchev–Trinajstić information content (AvgIpc) is 3.01. The quantitative estimate of drug-likeness (QED) is 0.401. The molecule has 0 amide bonds. The number of rotatable bonds is 3. The summed E-state index contributed by atoms with van der Waals surface area (Å²) >= 11 is 3.46. The predicted molar refractivity (Wildman–Crippen MR) is 100 cm³/mol. The van der Waals surface area contributed by atoms with Gasteiger partial charge in [-0.05, 0) is 54.6 Å². The maximum absolute atomic E-state index is 13.3. The summed E-state index contributed by atoms with van der Waals surface area (Å²) in [6.07, 6.45) is 0. The molecule has 0 saturated heterocycles. The first-order chi connectivity index (χ1) is 12.1. The van der Waals surface area contributed by atoms with Crippen molar-refractivity contribution in [2.45, 2.75) is 9.79 Å². The number of hydrogen-bond acceptors (Lipinski definition) is 2. The Morgan fingerprint density at radius 2 is 1.64 bits per heavy atom. The molecule has 1 heterocycles. The van der Waals surface area contributed by atoms with Crippen molar-refractivity contribution in [3.63, 3.8) is 0 Å². The van der Waals surface area contributed by atoms with Crippen LogP contribution in [0, 0.1) is 5.82 Å². The molecular formula is C20H12BrFO2S. The molecule has 0 bridgehead atoms. The SMILES string of the molecule is O=[S@](c1ccccc1)c1c(-c2ccc(F)cc2)oc2ccc(Br)cc12. The number of benzene rings is 3. The van der Waals surface area contributed by atoms with Gasteiger partial charge in [0.25, 0.3) is 0 Å². The van der Waals surface area contributed by atoms with E-state index in [9.17, 15) is 8.60 Å². The van der Waals surface area contributed by atoms with Crippen molar-refractivity contribution in [2.75, 3.05) is 0 Å². The number of hydrogen-bond donors (Lipinski definition) is 0. The van der Waals surface area contributed by atoms with E-state index in [1.54, 1.807) is 12.1 Å². The summed E-state index contributed by atoms with van der Waals surface area (Å²) in [7, 11) is -1.42. The summed E-state index contributed by atoms with van der Waals surface area (Å²) in [5.74, 6) is 0.170. The Balaban J connectivity index is 1.99. The van der Waals surface area contributed by atoms with Crippen molar-refractivity contribution < 1.29 is 13.0 Å². The maximum Gasteiger partial charge on any atom is 0.151 e. The van der Waals surface area contributed by atoms with Crippen LogP contribution in [0.5, 0.6) is 0 Å². The van der Waals surface area contributed by atoms with Crippen LogP contribution in [-0.2, 0) is 10.8 Å². The smallest absolute Gasteiger partial charge is 0.151 e. The van der Waals surface area contributed by atoms with Crippen molar-refractivity contribution in [2.24, 2.45) is 0 Å². The molecule has 5 heteroatoms. The highest BCUT2D eigenvalue weighted by atomic mass is 79.9. The molecule has 0 N–H and O–H groups in total. The average molecular weight is 415 g/mol. The molecular weight excluding hydrogens is 403 g/mol. The van der Waals surface area contributed by atoms with Crippen LogP contribution in [0.3, 0.4) is 0 Å². The number of furan rings is 1. The van der Waals surface area contributed by atoms with Crippen molar-refractivity contribution in [1.82, 2.24) is 0 Å². The summed E-state index contributed by atoms with van der Waals surface area (Å²) in [5, 5.41) is 0.774. The van der Waals surface area contributed by atoms with Crippen molar-refractivity contribution in [3.8, 4) is 11.3 Å². The third kappa shape index (κ3) is 3.05. The van der Waals surface area contributed by atoms with Gasteiger partial charge >= 0.3 is 0 Å². The lowest BCUT2D eigenvalue weighted by molar-refractivity contribution is 0.618. The second-order valence-corrected chi connectivity index (χ2v) is 7.82. The molecule has 1 atom stereocenters. The lowest BCUT2D eigenvalue weighted by Crippen LogP contribution is -1.94. The molecule has 0 saturated carbocycles. The Hall–Kier alpha value is -2.24. The molecule has 3 aromatic carbocycles. The second kappa shape index (κ2) is 6.58. The lowest BCUT2D eigenvalue weighted by Gasteiger charge is -2.04. The highest BCUT2D eigenvalue weighted by molar-refractivity contribution is 9.10. The fraction of sp³-hybridized carbons (Fsp3) is 0. The fourth-order valence-corrected chi connectivity index (χ4v) is 4.37. The molecule has 0 spiro atoms. The van der Waals surface area contributed by atoms with Crippen molar-refractivity contribution in [1.29, 1.82) is 0 Å². The summed E-state index contributed by atoms with van der Waals surface area (Å²) in [6.45, 7) is 0. The monoisotopic (exact) mass is 414 g/mol. The van der Waals surface area contributed by atoms with E-state index in [1.165, 1.54) is 12.1 Å². The Morgan fingerprint density at radius 3 is 2.36 bits per heavy atom. The van der Waals surface area contributed by atoms with E-state index in [2.05, 4.69) is 15.9 Å². The molecule has 0 unspecified atom stereocenters. The van der Waals surface area contributed by atoms with Crippen LogP contribution in [0.4, 0.5) is 4.39 Å². The van der Waals surface area contributed by atoms with E-state index in [4.69, 9.17) is 4.42 Å². The van der Waals surface area contributed by atoms with Crippen LogP contribution in [0.2, 0.25) is 0 Å². The van der Waals surface area contributed by atoms with Crippen molar-refractivity contribution >= 4 is 37.7 Å². The predicted octanol–water partition coefficient (Wildman–Crippen LogP) is 6.17. The standard InChI is InChI=1S/C20H12BrFO2S/c21-14-8-11-18-17(12-14)20(25(23)16-4-2-1-3-5-16)19(24-18)13-6-9-15(22)10-7-13/h1-12H/t25-/m1/s1. The molecule has 0 radical (unpaired) electrons. The van der Waals surface area contributed by atoms with Gasteiger partial charge in [0.1, 0.15) is 11.4 Å². The van der Waals surface area contributed by atoms with Crippen LogP contribution in [0.15, 0.2) is 91.5 Å². The molecule has 1 aromatic heterocycles. The summed E-state index contributed by atoms with van der Waals surface area (Å²) in [6, 6.07) is 20.8. The van der Waals surface area contributed by atoms with E-state index >= 15 is 0 Å². The van der Waals surface area contributed by atoms with Crippen LogP contribution >= 0.6 is 15.9 Å².